The third-order valence-electron chi connectivity index (χ3n) is 2.76. The van der Waals surface area contributed by atoms with Gasteiger partial charge in [-0.05, 0) is 12.1 Å². The van der Waals surface area contributed by atoms with Gasteiger partial charge in [0.15, 0.2) is 5.96 Å². The van der Waals surface area contributed by atoms with Crippen LogP contribution in [0.1, 0.15) is 0 Å². The topological polar surface area (TPSA) is 48.9 Å². The number of nitrogens with zero attached hydrogens (tertiary/aromatic N) is 2. The van der Waals surface area contributed by atoms with Crippen LogP contribution in [0, 0.1) is 0 Å². The predicted octanol–water partition coefficient (Wildman–Crippen LogP) is 1.55. The van der Waals surface area contributed by atoms with Crippen LogP contribution < -0.4 is 15.5 Å². The lowest BCUT2D eigenvalue weighted by Crippen LogP contribution is -2.42. The second-order valence-electron chi connectivity index (χ2n) is 4.18. The van der Waals surface area contributed by atoms with Gasteiger partial charge in [-0.15, -0.1) is 24.0 Å². The molecule has 1 rings (SSSR count). The van der Waals surface area contributed by atoms with Crippen LogP contribution in [0.15, 0.2) is 35.3 Å². The number of para-hydroxylation sites is 1. The SMILES string of the molecule is CN=C(NCCOC)NCCN(C)c1ccccc1.I. The number of benzene rings is 1. The van der Waals surface area contributed by atoms with E-state index in [1.54, 1.807) is 14.2 Å². The molecule has 0 saturated heterocycles. The third kappa shape index (κ3) is 7.54. The highest BCUT2D eigenvalue weighted by molar-refractivity contribution is 14.0. The normalized spacial score (nSPS) is 10.7. The van der Waals surface area contributed by atoms with E-state index in [4.69, 9.17) is 4.74 Å². The Kier molecular flexibility index (Phi) is 11.2. The minimum atomic E-state index is 0. The molecule has 114 valence electrons. The number of halogens is 1. The van der Waals surface area contributed by atoms with Crippen LogP contribution in [0.4, 0.5) is 5.69 Å². The third-order valence-corrected chi connectivity index (χ3v) is 2.76. The molecule has 0 aliphatic heterocycles. The summed E-state index contributed by atoms with van der Waals surface area (Å²) in [5, 5.41) is 6.45. The van der Waals surface area contributed by atoms with Crippen molar-refractivity contribution in [3.05, 3.63) is 30.3 Å². The maximum absolute atomic E-state index is 4.98. The molecule has 5 nitrogen and oxygen atoms in total. The molecule has 0 fully saturated rings. The molecule has 2 N–H and O–H groups in total. The van der Waals surface area contributed by atoms with Gasteiger partial charge in [0.25, 0.3) is 0 Å². The Morgan fingerprint density at radius 1 is 1.20 bits per heavy atom. The van der Waals surface area contributed by atoms with E-state index >= 15 is 0 Å². The minimum absolute atomic E-state index is 0. The highest BCUT2D eigenvalue weighted by atomic mass is 127. The van der Waals surface area contributed by atoms with Crippen LogP contribution in [0.25, 0.3) is 0 Å². The number of aliphatic imine (C=N–C) groups is 1. The number of likely N-dealkylation sites (N-methyl/N-ethyl adjacent to an activating group) is 1. The van der Waals surface area contributed by atoms with Crippen LogP contribution >= 0.6 is 24.0 Å². The lowest BCUT2D eigenvalue weighted by Gasteiger charge is -2.20. The van der Waals surface area contributed by atoms with Crippen molar-refractivity contribution >= 4 is 35.6 Å². The van der Waals surface area contributed by atoms with E-state index in [0.717, 1.165) is 25.6 Å². The van der Waals surface area contributed by atoms with Gasteiger partial charge in [-0.1, -0.05) is 18.2 Å². The average Bonchev–Trinajstić information content (AvgIpc) is 2.46. The summed E-state index contributed by atoms with van der Waals surface area (Å²) in [5.41, 5.74) is 1.21. The maximum atomic E-state index is 4.98. The van der Waals surface area contributed by atoms with Gasteiger partial charge in [-0.2, -0.15) is 0 Å². The van der Waals surface area contributed by atoms with Gasteiger partial charge in [-0.3, -0.25) is 4.99 Å². The molecular weight excluding hydrogens is 367 g/mol. The van der Waals surface area contributed by atoms with Crippen molar-refractivity contribution < 1.29 is 4.74 Å². The lowest BCUT2D eigenvalue weighted by molar-refractivity contribution is 0.203. The van der Waals surface area contributed by atoms with E-state index in [1.807, 2.05) is 18.2 Å². The van der Waals surface area contributed by atoms with Crippen molar-refractivity contribution in [3.63, 3.8) is 0 Å². The zero-order chi connectivity index (χ0) is 13.9. The van der Waals surface area contributed by atoms with Gasteiger partial charge >= 0.3 is 0 Å². The van der Waals surface area contributed by atoms with E-state index in [2.05, 4.69) is 39.7 Å². The summed E-state index contributed by atoms with van der Waals surface area (Å²) in [6, 6.07) is 10.3. The van der Waals surface area contributed by atoms with Crippen molar-refractivity contribution in [3.8, 4) is 0 Å². The first-order chi connectivity index (χ1) is 9.27. The number of anilines is 1. The fourth-order valence-corrected chi connectivity index (χ4v) is 1.65. The van der Waals surface area contributed by atoms with Gasteiger partial charge in [0, 0.05) is 46.5 Å². The molecule has 0 saturated carbocycles. The largest absolute Gasteiger partial charge is 0.383 e. The van der Waals surface area contributed by atoms with Gasteiger partial charge < -0.3 is 20.3 Å². The highest BCUT2D eigenvalue weighted by Crippen LogP contribution is 2.09. The van der Waals surface area contributed by atoms with E-state index in [0.29, 0.717) is 6.61 Å². The zero-order valence-corrected chi connectivity index (χ0v) is 14.8. The molecule has 6 heteroatoms. The number of rotatable bonds is 7. The number of hydrogen-bond acceptors (Lipinski definition) is 3. The molecule has 1 aromatic rings. The fraction of sp³-hybridized carbons (Fsp3) is 0.500. The minimum Gasteiger partial charge on any atom is -0.383 e. The van der Waals surface area contributed by atoms with Gasteiger partial charge in [0.2, 0.25) is 0 Å². The first-order valence-electron chi connectivity index (χ1n) is 6.47. The van der Waals surface area contributed by atoms with Gasteiger partial charge in [-0.25, -0.2) is 0 Å². The number of guanidine groups is 1. The number of hydrogen-bond donors (Lipinski definition) is 2. The van der Waals surface area contributed by atoms with Crippen molar-refractivity contribution in [2.75, 3.05) is 52.3 Å². The Bertz CT molecular complexity index is 373. The zero-order valence-electron chi connectivity index (χ0n) is 12.4. The van der Waals surface area contributed by atoms with Crippen molar-refractivity contribution in [2.24, 2.45) is 4.99 Å². The maximum Gasteiger partial charge on any atom is 0.191 e. The predicted molar refractivity (Wildman–Crippen MR) is 96.4 cm³/mol. The van der Waals surface area contributed by atoms with Crippen LogP contribution in [0.5, 0.6) is 0 Å². The molecule has 0 radical (unpaired) electrons. The molecule has 0 unspecified atom stereocenters. The summed E-state index contributed by atoms with van der Waals surface area (Å²) in [5.74, 6) is 0.804. The molecule has 0 atom stereocenters. The second-order valence-corrected chi connectivity index (χ2v) is 4.18. The molecule has 1 aromatic carbocycles. The summed E-state index contributed by atoms with van der Waals surface area (Å²) in [6.07, 6.45) is 0. The summed E-state index contributed by atoms with van der Waals surface area (Å²) in [4.78, 5) is 6.35. The molecule has 0 heterocycles. The fourth-order valence-electron chi connectivity index (χ4n) is 1.65. The molecule has 0 spiro atoms. The number of nitrogens with one attached hydrogen (secondary N) is 2. The first-order valence-corrected chi connectivity index (χ1v) is 6.47. The summed E-state index contributed by atoms with van der Waals surface area (Å²) in [6.45, 7) is 3.17. The molecule has 0 aliphatic rings. The standard InChI is InChI=1S/C14H24N4O.HI/c1-15-14(17-10-12-19-3)16-9-11-18(2)13-7-5-4-6-8-13;/h4-8H,9-12H2,1-3H3,(H2,15,16,17);1H. The summed E-state index contributed by atoms with van der Waals surface area (Å²) in [7, 11) is 5.54. The van der Waals surface area contributed by atoms with Gasteiger partial charge in [0.05, 0.1) is 6.61 Å². The Labute approximate surface area is 138 Å². The quantitative estimate of drug-likeness (QED) is 0.320. The monoisotopic (exact) mass is 392 g/mol. The molecule has 0 amide bonds. The molecule has 0 aromatic heterocycles. The summed E-state index contributed by atoms with van der Waals surface area (Å²) >= 11 is 0. The molecule has 20 heavy (non-hydrogen) atoms. The average molecular weight is 392 g/mol. The van der Waals surface area contributed by atoms with Crippen molar-refractivity contribution in [1.29, 1.82) is 0 Å². The van der Waals surface area contributed by atoms with Gasteiger partial charge in [0.1, 0.15) is 0 Å². The van der Waals surface area contributed by atoms with Crippen LogP contribution in [-0.4, -0.2) is 53.4 Å². The van der Waals surface area contributed by atoms with Crippen LogP contribution in [0.3, 0.4) is 0 Å². The lowest BCUT2D eigenvalue weighted by atomic mass is 10.3. The van der Waals surface area contributed by atoms with E-state index in [1.165, 1.54) is 5.69 Å². The van der Waals surface area contributed by atoms with E-state index < -0.39 is 0 Å². The number of methoxy groups -OCH3 is 1. The Morgan fingerprint density at radius 2 is 1.85 bits per heavy atom. The van der Waals surface area contributed by atoms with Crippen LogP contribution in [0.2, 0.25) is 0 Å². The second kappa shape index (κ2) is 11.8. The first kappa shape index (κ1) is 19.0. The smallest absolute Gasteiger partial charge is 0.191 e. The molecular formula is C14H25IN4O. The Morgan fingerprint density at radius 3 is 2.45 bits per heavy atom. The Balaban J connectivity index is 0.00000361. The van der Waals surface area contributed by atoms with Crippen molar-refractivity contribution in [1.82, 2.24) is 10.6 Å². The molecule has 0 bridgehead atoms. The van der Waals surface area contributed by atoms with E-state index in [9.17, 15) is 0 Å². The Hall–Kier alpha value is -1.02. The molecule has 0 aliphatic carbocycles. The van der Waals surface area contributed by atoms with Crippen molar-refractivity contribution in [2.45, 2.75) is 0 Å². The van der Waals surface area contributed by atoms with Crippen LogP contribution in [-0.2, 0) is 4.74 Å². The highest BCUT2D eigenvalue weighted by Gasteiger charge is 2.00. The van der Waals surface area contributed by atoms with E-state index in [-0.39, 0.29) is 24.0 Å². The number of ether oxygens (including phenoxy) is 1. The summed E-state index contributed by atoms with van der Waals surface area (Å²) < 4.78 is 4.98.